The van der Waals surface area contributed by atoms with Gasteiger partial charge in [-0.05, 0) is 30.9 Å². The molecular formula is C11H15ClFNS. The molecule has 0 saturated carbocycles. The Morgan fingerprint density at radius 2 is 1.93 bits per heavy atom. The van der Waals surface area contributed by atoms with E-state index in [2.05, 4.69) is 38.0 Å². The fourth-order valence-corrected chi connectivity index (χ4v) is 1.02. The first-order valence-corrected chi connectivity index (χ1v) is 5.38. The fourth-order valence-electron chi connectivity index (χ4n) is 0.692. The first-order valence-electron chi connectivity index (χ1n) is 4.60. The summed E-state index contributed by atoms with van der Waals surface area (Å²) in [5.41, 5.74) is 0.268. The molecule has 15 heavy (non-hydrogen) atoms. The third kappa shape index (κ3) is 6.52. The van der Waals surface area contributed by atoms with Crippen molar-refractivity contribution < 1.29 is 4.39 Å². The normalized spacial score (nSPS) is 10.3. The summed E-state index contributed by atoms with van der Waals surface area (Å²) in [5, 5.41) is 0.336. The highest BCUT2D eigenvalue weighted by atomic mass is 35.5. The first kappa shape index (κ1) is 14.5. The van der Waals surface area contributed by atoms with Crippen LogP contribution in [-0.2, 0) is 0 Å². The molecule has 4 heteroatoms. The molecule has 0 atom stereocenters. The molecule has 0 unspecified atom stereocenters. The number of hydrogen-bond acceptors (Lipinski definition) is 2. The molecule has 1 nitrogen and oxygen atoms in total. The van der Waals surface area contributed by atoms with Gasteiger partial charge in [0, 0.05) is 11.8 Å². The highest BCUT2D eigenvalue weighted by Gasteiger charge is 2.02. The second kappa shape index (κ2) is 7.71. The third-order valence-electron chi connectivity index (χ3n) is 1.19. The van der Waals surface area contributed by atoms with Crippen molar-refractivity contribution in [2.24, 2.45) is 10.3 Å². The van der Waals surface area contributed by atoms with Gasteiger partial charge >= 0.3 is 0 Å². The topological polar surface area (TPSA) is 12.4 Å². The summed E-state index contributed by atoms with van der Waals surface area (Å²) in [7, 11) is 0. The van der Waals surface area contributed by atoms with Gasteiger partial charge < -0.3 is 0 Å². The van der Waals surface area contributed by atoms with E-state index in [1.165, 1.54) is 18.3 Å². The predicted molar refractivity (Wildman–Crippen MR) is 68.5 cm³/mol. The Morgan fingerprint density at radius 1 is 1.40 bits per heavy atom. The Morgan fingerprint density at radius 3 is 2.33 bits per heavy atom. The number of thiol groups is 1. The van der Waals surface area contributed by atoms with Crippen molar-refractivity contribution in [1.29, 1.82) is 0 Å². The highest BCUT2D eigenvalue weighted by molar-refractivity contribution is 7.79. The van der Waals surface area contributed by atoms with E-state index in [-0.39, 0.29) is 5.56 Å². The van der Waals surface area contributed by atoms with Gasteiger partial charge in [-0.15, -0.1) is 0 Å². The number of hydrogen-bond donors (Lipinski definition) is 1. The second-order valence-electron chi connectivity index (χ2n) is 3.61. The van der Waals surface area contributed by atoms with Gasteiger partial charge in [0.05, 0.1) is 5.02 Å². The lowest BCUT2D eigenvalue weighted by Crippen LogP contribution is -1.87. The first-order chi connectivity index (χ1) is 6.99. The number of halogens is 2. The smallest absolute Gasteiger partial charge is 0.133 e. The summed E-state index contributed by atoms with van der Waals surface area (Å²) < 4.78 is 16.2. The molecule has 0 amide bonds. The van der Waals surface area contributed by atoms with Crippen LogP contribution in [0.2, 0.25) is 5.02 Å². The molecule has 0 spiro atoms. The summed E-state index contributed by atoms with van der Waals surface area (Å²) in [6.45, 7) is 6.50. The Hall–Kier alpha value is -0.540. The van der Waals surface area contributed by atoms with E-state index < -0.39 is 5.82 Å². The fraction of sp³-hybridized carbons (Fsp3) is 0.364. The lowest BCUT2D eigenvalue weighted by Gasteiger charge is -1.96. The van der Waals surface area contributed by atoms with Crippen molar-refractivity contribution in [2.75, 3.05) is 0 Å². The molecule has 1 rings (SSSR count). The minimum atomic E-state index is -0.393. The number of rotatable bonds is 1. The van der Waals surface area contributed by atoms with Gasteiger partial charge in [-0.2, -0.15) is 0 Å². The molecule has 0 bridgehead atoms. The SMILES string of the molecule is CC(C)C.Fc1cccc(Cl)c1/C=N/S. The lowest BCUT2D eigenvalue weighted by atomic mass is 10.2. The molecule has 0 aliphatic heterocycles. The summed E-state index contributed by atoms with van der Waals surface area (Å²) in [6, 6.07) is 4.44. The van der Waals surface area contributed by atoms with Gasteiger partial charge in [-0.1, -0.05) is 38.4 Å². The molecule has 0 aliphatic rings. The van der Waals surface area contributed by atoms with E-state index in [1.807, 2.05) is 0 Å². The minimum Gasteiger partial charge on any atom is -0.227 e. The van der Waals surface area contributed by atoms with Crippen LogP contribution in [0.3, 0.4) is 0 Å². The van der Waals surface area contributed by atoms with Crippen LogP contribution in [0.4, 0.5) is 4.39 Å². The average Bonchev–Trinajstić information content (AvgIpc) is 2.11. The maximum absolute atomic E-state index is 12.8. The lowest BCUT2D eigenvalue weighted by molar-refractivity contribution is 0.626. The minimum absolute atomic E-state index is 0.268. The Balaban J connectivity index is 0.000000423. The van der Waals surface area contributed by atoms with E-state index in [1.54, 1.807) is 6.07 Å². The van der Waals surface area contributed by atoms with Gasteiger partial charge in [0.2, 0.25) is 0 Å². The maximum atomic E-state index is 12.8. The van der Waals surface area contributed by atoms with E-state index >= 15 is 0 Å². The molecule has 0 radical (unpaired) electrons. The quantitative estimate of drug-likeness (QED) is 0.558. The van der Waals surface area contributed by atoms with E-state index in [9.17, 15) is 4.39 Å². The van der Waals surface area contributed by atoms with Gasteiger partial charge in [-0.3, -0.25) is 0 Å². The Bertz CT molecular complexity index is 303. The van der Waals surface area contributed by atoms with Crippen LogP contribution in [0.5, 0.6) is 0 Å². The van der Waals surface area contributed by atoms with E-state index in [0.717, 1.165) is 5.92 Å². The number of benzene rings is 1. The molecule has 0 N–H and O–H groups in total. The molecule has 0 fully saturated rings. The van der Waals surface area contributed by atoms with Crippen LogP contribution in [-0.4, -0.2) is 6.21 Å². The van der Waals surface area contributed by atoms with Crippen molar-refractivity contribution in [3.63, 3.8) is 0 Å². The van der Waals surface area contributed by atoms with Crippen molar-refractivity contribution >= 4 is 30.6 Å². The third-order valence-corrected chi connectivity index (χ3v) is 1.63. The summed E-state index contributed by atoms with van der Waals surface area (Å²) in [6.07, 6.45) is 1.26. The Kier molecular flexibility index (Phi) is 7.44. The molecule has 0 aliphatic carbocycles. The van der Waals surface area contributed by atoms with Crippen LogP contribution in [0, 0.1) is 11.7 Å². The van der Waals surface area contributed by atoms with E-state index in [4.69, 9.17) is 11.6 Å². The summed E-state index contributed by atoms with van der Waals surface area (Å²) in [4.78, 5) is 0. The zero-order valence-electron chi connectivity index (χ0n) is 9.04. The van der Waals surface area contributed by atoms with Gasteiger partial charge in [0.15, 0.2) is 0 Å². The second-order valence-corrected chi connectivity index (χ2v) is 4.25. The van der Waals surface area contributed by atoms with Gasteiger partial charge in [0.25, 0.3) is 0 Å². The molecular weight excluding hydrogens is 233 g/mol. The van der Waals surface area contributed by atoms with E-state index in [0.29, 0.717) is 5.02 Å². The van der Waals surface area contributed by atoms with Crippen molar-refractivity contribution in [1.82, 2.24) is 0 Å². The Labute approximate surface area is 101 Å². The molecule has 0 saturated heterocycles. The van der Waals surface area contributed by atoms with Crippen LogP contribution >= 0.6 is 24.4 Å². The molecule has 84 valence electrons. The monoisotopic (exact) mass is 247 g/mol. The van der Waals surface area contributed by atoms with Crippen LogP contribution < -0.4 is 0 Å². The molecule has 0 aromatic heterocycles. The summed E-state index contributed by atoms with van der Waals surface area (Å²) >= 11 is 9.21. The average molecular weight is 248 g/mol. The maximum Gasteiger partial charge on any atom is 0.133 e. The summed E-state index contributed by atoms with van der Waals surface area (Å²) in [5.74, 6) is 0.440. The van der Waals surface area contributed by atoms with Crippen LogP contribution in [0.15, 0.2) is 22.6 Å². The number of nitrogens with zero attached hydrogens (tertiary/aromatic N) is 1. The zero-order valence-corrected chi connectivity index (χ0v) is 10.7. The van der Waals surface area contributed by atoms with Crippen molar-refractivity contribution in [3.8, 4) is 0 Å². The largest absolute Gasteiger partial charge is 0.227 e. The predicted octanol–water partition coefficient (Wildman–Crippen LogP) is 4.41. The molecule has 1 aromatic rings. The standard InChI is InChI=1S/C7H5ClFNS.C4H10/c8-6-2-1-3-7(9)5(6)4-10-11;1-4(2)3/h1-4,11H;4H,1-3H3/b10-4+;. The molecule has 0 heterocycles. The van der Waals surface area contributed by atoms with Crippen LogP contribution in [0.25, 0.3) is 0 Å². The van der Waals surface area contributed by atoms with Crippen molar-refractivity contribution in [2.45, 2.75) is 20.8 Å². The van der Waals surface area contributed by atoms with Gasteiger partial charge in [-0.25, -0.2) is 8.79 Å². The van der Waals surface area contributed by atoms with Crippen LogP contribution in [0.1, 0.15) is 26.3 Å². The highest BCUT2D eigenvalue weighted by Crippen LogP contribution is 2.16. The zero-order chi connectivity index (χ0) is 11.8. The molecule has 1 aromatic carbocycles. The van der Waals surface area contributed by atoms with Gasteiger partial charge in [0.1, 0.15) is 5.82 Å². The van der Waals surface area contributed by atoms with Crippen molar-refractivity contribution in [3.05, 3.63) is 34.6 Å².